The summed E-state index contributed by atoms with van der Waals surface area (Å²) in [7, 11) is -8.22. The Balaban J connectivity index is 1.07. The molecule has 288 valence electrons. The highest BCUT2D eigenvalue weighted by molar-refractivity contribution is 7.87. The molecule has 11 atom stereocenters. The van der Waals surface area contributed by atoms with Gasteiger partial charge in [0.15, 0.2) is 12.1 Å². The molecular weight excluding hydrogens is 701 g/mol. The van der Waals surface area contributed by atoms with Gasteiger partial charge >= 0.3 is 0 Å². The second-order valence-electron chi connectivity index (χ2n) is 17.2. The molecule has 3 fully saturated rings. The summed E-state index contributed by atoms with van der Waals surface area (Å²) < 4.78 is 62.4. The van der Waals surface area contributed by atoms with E-state index in [1.54, 1.807) is 31.2 Å². The number of fused-ring (bicyclic) bond motifs is 5. The average Bonchev–Trinajstić information content (AvgIpc) is 3.34. The topological polar surface area (TPSA) is 147 Å². The van der Waals surface area contributed by atoms with E-state index in [9.17, 15) is 32.2 Å². The molecule has 2 aromatic rings. The van der Waals surface area contributed by atoms with Gasteiger partial charge in [0.1, 0.15) is 0 Å². The summed E-state index contributed by atoms with van der Waals surface area (Å²) in [5, 5.41) is 33.8. The first-order valence-corrected chi connectivity index (χ1v) is 21.9. The third-order valence-corrected chi connectivity index (χ3v) is 16.4. The van der Waals surface area contributed by atoms with Crippen LogP contribution in [0.3, 0.4) is 0 Å². The van der Waals surface area contributed by atoms with Crippen molar-refractivity contribution in [3.63, 3.8) is 0 Å². The lowest BCUT2D eigenvalue weighted by atomic mass is 9.46. The first-order chi connectivity index (χ1) is 24.3. The predicted molar refractivity (Wildman–Crippen MR) is 199 cm³/mol. The van der Waals surface area contributed by atoms with Crippen LogP contribution in [0.1, 0.15) is 103 Å². The van der Waals surface area contributed by atoms with Crippen molar-refractivity contribution in [2.75, 3.05) is 0 Å². The molecule has 0 aromatic heterocycles. The Morgan fingerprint density at radius 2 is 1.44 bits per heavy atom. The SMILES string of the molecule is Cc1ccc(S(=O)(=O)OC(O)[C@H](C)CCC[C@@H](C)[C@H]2C(O)C[C@H]3[C@@H]4CC=C5C[C@@](O)(OS(=O)(=O)c6ccc(C)cc6)CC[C@]5(C)[C@H]4CC[C@]23C)cc1. The van der Waals surface area contributed by atoms with Gasteiger partial charge in [0.2, 0.25) is 0 Å². The lowest BCUT2D eigenvalue weighted by molar-refractivity contribution is -0.166. The summed E-state index contributed by atoms with van der Waals surface area (Å²) in [4.78, 5) is 0.0610. The van der Waals surface area contributed by atoms with Crippen LogP contribution in [-0.2, 0) is 28.6 Å². The summed E-state index contributed by atoms with van der Waals surface area (Å²) >= 11 is 0. The molecule has 0 radical (unpaired) electrons. The minimum Gasteiger partial charge on any atom is -0.393 e. The van der Waals surface area contributed by atoms with E-state index >= 15 is 0 Å². The molecule has 2 unspecified atom stereocenters. The number of rotatable bonds is 12. The second kappa shape index (κ2) is 14.5. The van der Waals surface area contributed by atoms with E-state index in [0.29, 0.717) is 30.6 Å². The van der Waals surface area contributed by atoms with Crippen molar-refractivity contribution in [2.45, 2.75) is 134 Å². The molecule has 4 aliphatic carbocycles. The van der Waals surface area contributed by atoms with Gasteiger partial charge in [-0.05, 0) is 117 Å². The summed E-state index contributed by atoms with van der Waals surface area (Å²) in [6.45, 7) is 12.4. The highest BCUT2D eigenvalue weighted by Crippen LogP contribution is 2.68. The quantitative estimate of drug-likeness (QED) is 0.114. The maximum Gasteiger partial charge on any atom is 0.299 e. The van der Waals surface area contributed by atoms with Crippen LogP contribution in [0, 0.1) is 60.2 Å². The van der Waals surface area contributed by atoms with Crippen molar-refractivity contribution in [3.8, 4) is 0 Å². The van der Waals surface area contributed by atoms with Gasteiger partial charge in [0, 0.05) is 18.8 Å². The van der Waals surface area contributed by atoms with Crippen molar-refractivity contribution < 1.29 is 40.5 Å². The van der Waals surface area contributed by atoms with Crippen LogP contribution >= 0.6 is 0 Å². The Hall–Kier alpha value is -2.12. The van der Waals surface area contributed by atoms with Gasteiger partial charge < -0.3 is 15.3 Å². The first kappa shape index (κ1) is 39.6. The molecule has 0 saturated heterocycles. The van der Waals surface area contributed by atoms with Crippen LogP contribution in [0.4, 0.5) is 0 Å². The number of aryl methyl sites for hydroxylation is 2. The van der Waals surface area contributed by atoms with Crippen molar-refractivity contribution in [1.29, 1.82) is 0 Å². The molecule has 52 heavy (non-hydrogen) atoms. The van der Waals surface area contributed by atoms with E-state index in [-0.39, 0.29) is 51.2 Å². The lowest BCUT2D eigenvalue weighted by Gasteiger charge is -2.59. The molecule has 9 nitrogen and oxygen atoms in total. The van der Waals surface area contributed by atoms with Gasteiger partial charge in [-0.25, -0.2) is 8.37 Å². The normalized spacial score (nSPS) is 35.1. The van der Waals surface area contributed by atoms with Crippen molar-refractivity contribution >= 4 is 20.2 Å². The fourth-order valence-corrected chi connectivity index (χ4v) is 12.9. The largest absolute Gasteiger partial charge is 0.393 e. The number of aliphatic hydroxyl groups is 3. The van der Waals surface area contributed by atoms with Crippen LogP contribution in [0.25, 0.3) is 0 Å². The minimum atomic E-state index is -4.14. The number of hydrogen-bond donors (Lipinski definition) is 3. The van der Waals surface area contributed by atoms with Crippen LogP contribution in [0.15, 0.2) is 70.0 Å². The third-order valence-electron chi connectivity index (χ3n) is 13.8. The Morgan fingerprint density at radius 3 is 2.06 bits per heavy atom. The molecule has 0 bridgehead atoms. The molecule has 3 N–H and O–H groups in total. The van der Waals surface area contributed by atoms with E-state index in [1.165, 1.54) is 24.3 Å². The smallest absolute Gasteiger partial charge is 0.299 e. The Bertz CT molecular complexity index is 1840. The maximum atomic E-state index is 13.1. The maximum absolute atomic E-state index is 13.1. The lowest BCUT2D eigenvalue weighted by Crippen LogP contribution is -2.53. The van der Waals surface area contributed by atoms with Crippen LogP contribution in [0.2, 0.25) is 0 Å². The molecule has 2 aromatic carbocycles. The van der Waals surface area contributed by atoms with Crippen molar-refractivity contribution in [3.05, 3.63) is 71.3 Å². The summed E-state index contributed by atoms with van der Waals surface area (Å²) in [6.07, 6.45) is 7.23. The minimum absolute atomic E-state index is 0.0211. The molecule has 0 spiro atoms. The van der Waals surface area contributed by atoms with Crippen LogP contribution in [0.5, 0.6) is 0 Å². The molecule has 11 heteroatoms. The van der Waals surface area contributed by atoms with E-state index in [1.807, 2.05) is 13.8 Å². The Morgan fingerprint density at radius 1 is 0.846 bits per heavy atom. The summed E-state index contributed by atoms with van der Waals surface area (Å²) in [5.41, 5.74) is 2.75. The zero-order valence-corrected chi connectivity index (χ0v) is 33.1. The van der Waals surface area contributed by atoms with E-state index < -0.39 is 38.4 Å². The van der Waals surface area contributed by atoms with Gasteiger partial charge in [0.25, 0.3) is 20.2 Å². The number of benzene rings is 2. The highest BCUT2D eigenvalue weighted by Gasteiger charge is 2.62. The standard InChI is InChI=1S/C41H58O9S2/c1-26-10-15-31(16-11-26)51(45,46)49-38(43)29(4)9-7-8-28(3)37-36(42)24-35-33-19-14-30-25-41(44,50-52(47,48)32-17-12-27(2)13-18-32)23-22-39(30,5)34(33)20-21-40(35,37)6/h10-18,28-29,33-38,42-44H,7-9,19-25H2,1-6H3/t28-,29-,33-,34+,35+,36?,37+,38?,39+,40+,41+/m1/s1. The van der Waals surface area contributed by atoms with E-state index in [0.717, 1.165) is 55.2 Å². The first-order valence-electron chi connectivity index (χ1n) is 19.1. The van der Waals surface area contributed by atoms with Crippen molar-refractivity contribution in [1.82, 2.24) is 0 Å². The molecule has 0 heterocycles. The second-order valence-corrected chi connectivity index (χ2v) is 20.4. The highest BCUT2D eigenvalue weighted by atomic mass is 32.2. The zero-order valence-electron chi connectivity index (χ0n) is 31.5. The van der Waals surface area contributed by atoms with Gasteiger partial charge in [-0.3, -0.25) is 0 Å². The van der Waals surface area contributed by atoms with Gasteiger partial charge in [-0.2, -0.15) is 16.8 Å². The number of allylic oxidation sites excluding steroid dienone is 1. The molecule has 3 saturated carbocycles. The molecule has 4 aliphatic rings. The van der Waals surface area contributed by atoms with Gasteiger partial charge in [-0.1, -0.05) is 87.6 Å². The molecule has 6 rings (SSSR count). The van der Waals surface area contributed by atoms with E-state index in [4.69, 9.17) is 8.37 Å². The molecule has 0 aliphatic heterocycles. The van der Waals surface area contributed by atoms with Crippen LogP contribution in [-0.4, -0.2) is 50.3 Å². The molecule has 0 amide bonds. The fraction of sp³-hybridized carbons (Fsp3) is 0.659. The van der Waals surface area contributed by atoms with Gasteiger partial charge in [-0.15, -0.1) is 0 Å². The van der Waals surface area contributed by atoms with Crippen LogP contribution < -0.4 is 0 Å². The van der Waals surface area contributed by atoms with E-state index in [2.05, 4.69) is 26.8 Å². The Labute approximate surface area is 311 Å². The van der Waals surface area contributed by atoms with Gasteiger partial charge in [0.05, 0.1) is 15.9 Å². The van der Waals surface area contributed by atoms with Crippen molar-refractivity contribution in [2.24, 2.45) is 46.3 Å². The third kappa shape index (κ3) is 7.57. The average molecular weight is 759 g/mol. The Kier molecular flexibility index (Phi) is 11.0. The fourth-order valence-electron chi connectivity index (χ4n) is 10.8. The molecular formula is C41H58O9S2. The summed E-state index contributed by atoms with van der Waals surface area (Å²) in [6, 6.07) is 12.8. The summed E-state index contributed by atoms with van der Waals surface area (Å²) in [5.74, 6) is -0.676. The number of hydrogen-bond acceptors (Lipinski definition) is 9. The predicted octanol–water partition coefficient (Wildman–Crippen LogP) is 7.41. The number of aliphatic hydroxyl groups excluding tert-OH is 2. The zero-order chi connectivity index (χ0) is 37.9. The monoisotopic (exact) mass is 758 g/mol.